The van der Waals surface area contributed by atoms with E-state index in [2.05, 4.69) is 52.1 Å². The van der Waals surface area contributed by atoms with Crippen molar-refractivity contribution in [1.82, 2.24) is 5.32 Å². The van der Waals surface area contributed by atoms with E-state index in [1.54, 1.807) is 12.1 Å². The Morgan fingerprint density at radius 2 is 2.04 bits per heavy atom. The first-order valence-corrected chi connectivity index (χ1v) is 8.39. The molecule has 0 spiro atoms. The number of halogens is 2. The molecule has 1 aliphatic rings. The molecule has 0 bridgehead atoms. The monoisotopic (exact) mass is 461 g/mol. The Morgan fingerprint density at radius 3 is 2.65 bits per heavy atom. The lowest BCUT2D eigenvalue weighted by molar-refractivity contribution is -0.135. The maximum Gasteiger partial charge on any atom is 0.331 e. The molecule has 0 aromatic heterocycles. The Bertz CT molecular complexity index is 739. The summed E-state index contributed by atoms with van der Waals surface area (Å²) in [5.41, 5.74) is 0.686. The smallest absolute Gasteiger partial charge is 0.331 e. The number of nitrogens with zero attached hydrogens (tertiary/aromatic N) is 2. The van der Waals surface area contributed by atoms with Crippen molar-refractivity contribution in [3.05, 3.63) is 37.6 Å². The van der Waals surface area contributed by atoms with Gasteiger partial charge >= 0.3 is 5.97 Å². The minimum Gasteiger partial charge on any atom is -0.506 e. The highest BCUT2D eigenvalue weighted by Crippen LogP contribution is 2.32. The van der Waals surface area contributed by atoms with Gasteiger partial charge in [-0.2, -0.15) is 5.10 Å². The van der Waals surface area contributed by atoms with E-state index in [1.807, 2.05) is 0 Å². The molecule has 2 rings (SSSR count). The minimum atomic E-state index is -0.619. The van der Waals surface area contributed by atoms with Crippen LogP contribution < -0.4 is 5.32 Å². The fraction of sp³-hybridized carbons (Fsp3) is 0.0769. The number of phenolic OH excluding ortho intramolecular Hbond substituents is 1. The van der Waals surface area contributed by atoms with Gasteiger partial charge in [-0.3, -0.25) is 10.1 Å². The summed E-state index contributed by atoms with van der Waals surface area (Å²) < 4.78 is 5.47. The van der Waals surface area contributed by atoms with Crippen LogP contribution in [0.15, 0.2) is 42.3 Å². The molecule has 1 aliphatic heterocycles. The number of carbonyl (C=O) groups excluding carboxylic acids is 2. The molecule has 1 amide bonds. The van der Waals surface area contributed by atoms with Crippen molar-refractivity contribution in [2.24, 2.45) is 10.2 Å². The van der Waals surface area contributed by atoms with Crippen LogP contribution in [0.3, 0.4) is 0 Å². The first kappa shape index (κ1) is 17.7. The van der Waals surface area contributed by atoms with Gasteiger partial charge in [0.1, 0.15) is 5.75 Å². The predicted octanol–water partition coefficient (Wildman–Crippen LogP) is 2.53. The number of ether oxygens (including phenoxy) is 1. The van der Waals surface area contributed by atoms with Crippen molar-refractivity contribution < 1.29 is 19.4 Å². The molecular weight excluding hydrogens is 454 g/mol. The summed E-state index contributed by atoms with van der Waals surface area (Å²) in [6.07, 6.45) is 2.54. The first-order valence-electron chi connectivity index (χ1n) is 5.98. The Balaban J connectivity index is 2.11. The molecule has 1 saturated heterocycles. The van der Waals surface area contributed by atoms with Gasteiger partial charge in [0, 0.05) is 6.08 Å². The number of methoxy groups -OCH3 is 1. The van der Waals surface area contributed by atoms with Gasteiger partial charge in [0.25, 0.3) is 5.91 Å². The summed E-state index contributed by atoms with van der Waals surface area (Å²) in [5, 5.41) is 20.1. The standard InChI is InChI=1S/C13H9Br2N3O4S/c1-22-10(19)4-9-12(21)17-13(23-9)18-16-5-6-2-7(14)11(20)8(15)3-6/h2-5,20H,1H3,(H,17,18,21)/b9-4+,16-5?. The van der Waals surface area contributed by atoms with Crippen LogP contribution in [0.2, 0.25) is 0 Å². The van der Waals surface area contributed by atoms with E-state index in [0.717, 1.165) is 17.8 Å². The van der Waals surface area contributed by atoms with Crippen LogP contribution in [0, 0.1) is 0 Å². The molecule has 120 valence electrons. The second-order valence-electron chi connectivity index (χ2n) is 4.07. The zero-order chi connectivity index (χ0) is 17.0. The van der Waals surface area contributed by atoms with E-state index in [4.69, 9.17) is 0 Å². The van der Waals surface area contributed by atoms with E-state index in [9.17, 15) is 14.7 Å². The van der Waals surface area contributed by atoms with Crippen LogP contribution in [0.5, 0.6) is 5.75 Å². The summed E-state index contributed by atoms with van der Waals surface area (Å²) >= 11 is 7.40. The highest BCUT2D eigenvalue weighted by Gasteiger charge is 2.24. The van der Waals surface area contributed by atoms with Crippen LogP contribution in [0.25, 0.3) is 0 Å². The van der Waals surface area contributed by atoms with E-state index < -0.39 is 11.9 Å². The average Bonchev–Trinajstić information content (AvgIpc) is 2.84. The van der Waals surface area contributed by atoms with Gasteiger partial charge in [-0.25, -0.2) is 4.79 Å². The van der Waals surface area contributed by atoms with E-state index in [-0.39, 0.29) is 15.8 Å². The molecule has 0 atom stereocenters. The van der Waals surface area contributed by atoms with Gasteiger partial charge in [-0.1, -0.05) is 0 Å². The molecule has 23 heavy (non-hydrogen) atoms. The van der Waals surface area contributed by atoms with Gasteiger partial charge in [-0.05, 0) is 61.3 Å². The molecule has 7 nitrogen and oxygen atoms in total. The molecule has 1 aromatic rings. The largest absolute Gasteiger partial charge is 0.506 e. The zero-order valence-electron chi connectivity index (χ0n) is 11.5. The van der Waals surface area contributed by atoms with Crippen molar-refractivity contribution in [2.75, 3.05) is 7.11 Å². The fourth-order valence-corrected chi connectivity index (χ4v) is 3.41. The topological polar surface area (TPSA) is 100 Å². The SMILES string of the molecule is COC(=O)/C=C1/S/C(=N\N=Cc2cc(Br)c(O)c(Br)c2)NC1=O. The number of hydrogen-bond acceptors (Lipinski definition) is 7. The second kappa shape index (κ2) is 7.75. The Morgan fingerprint density at radius 1 is 1.39 bits per heavy atom. The molecule has 0 radical (unpaired) electrons. The quantitative estimate of drug-likeness (QED) is 0.311. The van der Waals surface area contributed by atoms with E-state index in [1.165, 1.54) is 13.3 Å². The summed E-state index contributed by atoms with van der Waals surface area (Å²) in [4.78, 5) is 22.9. The number of amides is 1. The number of thioether (sulfide) groups is 1. The molecule has 1 fully saturated rings. The van der Waals surface area contributed by atoms with Gasteiger partial charge in [-0.15, -0.1) is 5.10 Å². The van der Waals surface area contributed by atoms with Crippen LogP contribution in [-0.4, -0.2) is 35.5 Å². The van der Waals surface area contributed by atoms with Gasteiger partial charge in [0.15, 0.2) is 5.17 Å². The van der Waals surface area contributed by atoms with Crippen LogP contribution >= 0.6 is 43.6 Å². The number of benzene rings is 1. The molecule has 1 heterocycles. The third kappa shape index (κ3) is 4.66. The molecule has 2 N–H and O–H groups in total. The van der Waals surface area contributed by atoms with Gasteiger partial charge in [0.05, 0.1) is 27.2 Å². The Kier molecular flexibility index (Phi) is 5.97. The number of amidine groups is 1. The zero-order valence-corrected chi connectivity index (χ0v) is 15.5. The molecule has 10 heteroatoms. The van der Waals surface area contributed by atoms with Crippen LogP contribution in [-0.2, 0) is 14.3 Å². The Hall–Kier alpha value is -1.65. The number of aromatic hydroxyl groups is 1. The third-order valence-electron chi connectivity index (χ3n) is 2.50. The Labute approximate surface area is 152 Å². The van der Waals surface area contributed by atoms with E-state index in [0.29, 0.717) is 14.5 Å². The van der Waals surface area contributed by atoms with Crippen molar-refractivity contribution in [1.29, 1.82) is 0 Å². The molecular formula is C13H9Br2N3O4S. The van der Waals surface area contributed by atoms with Crippen molar-refractivity contribution in [3.63, 3.8) is 0 Å². The van der Waals surface area contributed by atoms with Crippen molar-refractivity contribution >= 4 is 66.9 Å². The van der Waals surface area contributed by atoms with Crippen molar-refractivity contribution in [2.45, 2.75) is 0 Å². The van der Waals surface area contributed by atoms with Crippen LogP contribution in [0.1, 0.15) is 5.56 Å². The van der Waals surface area contributed by atoms with E-state index >= 15 is 0 Å². The summed E-state index contributed by atoms with van der Waals surface area (Å²) in [6, 6.07) is 3.32. The lowest BCUT2D eigenvalue weighted by Crippen LogP contribution is -2.19. The van der Waals surface area contributed by atoms with Gasteiger partial charge in [0.2, 0.25) is 0 Å². The maximum absolute atomic E-state index is 11.6. The highest BCUT2D eigenvalue weighted by molar-refractivity contribution is 9.11. The van der Waals surface area contributed by atoms with Gasteiger partial charge < -0.3 is 9.84 Å². The van der Waals surface area contributed by atoms with Crippen LogP contribution in [0.4, 0.5) is 0 Å². The number of carbonyl (C=O) groups is 2. The molecule has 0 aliphatic carbocycles. The minimum absolute atomic E-state index is 0.0877. The fourth-order valence-electron chi connectivity index (χ4n) is 1.45. The number of esters is 1. The predicted molar refractivity (Wildman–Crippen MR) is 94.4 cm³/mol. The third-order valence-corrected chi connectivity index (χ3v) is 4.60. The molecule has 0 unspecified atom stereocenters. The lowest BCUT2D eigenvalue weighted by atomic mass is 10.2. The second-order valence-corrected chi connectivity index (χ2v) is 6.81. The summed E-state index contributed by atoms with van der Waals surface area (Å²) in [7, 11) is 1.23. The van der Waals surface area contributed by atoms with Crippen molar-refractivity contribution in [3.8, 4) is 5.75 Å². The normalized spacial score (nSPS) is 18.0. The summed E-state index contributed by atoms with van der Waals surface area (Å²) in [6.45, 7) is 0. The lowest BCUT2D eigenvalue weighted by Gasteiger charge is -2.01. The number of hydrogen-bond donors (Lipinski definition) is 2. The molecule has 1 aromatic carbocycles. The highest BCUT2D eigenvalue weighted by atomic mass is 79.9. The maximum atomic E-state index is 11.6. The average molecular weight is 463 g/mol. The summed E-state index contributed by atoms with van der Waals surface area (Å²) in [5.74, 6) is -0.972. The first-order chi connectivity index (χ1) is 10.9. The number of phenols is 1. The number of rotatable bonds is 3. The molecule has 0 saturated carbocycles. The number of nitrogens with one attached hydrogen (secondary N) is 1.